The number of aliphatic carboxylic acids is 1. The smallest absolute Gasteiger partial charge is 0.326 e. The van der Waals surface area contributed by atoms with Crippen molar-refractivity contribution in [1.82, 2.24) is 9.88 Å². The second kappa shape index (κ2) is 9.84. The highest BCUT2D eigenvalue weighted by atomic mass is 19.1. The topological polar surface area (TPSA) is 71.3 Å². The largest absolute Gasteiger partial charge is 0.480 e. The number of fused-ring (bicyclic) bond motifs is 3. The van der Waals surface area contributed by atoms with Gasteiger partial charge in [-0.15, -0.1) is 0 Å². The maximum atomic E-state index is 14.2. The van der Waals surface area contributed by atoms with Crippen molar-refractivity contribution < 1.29 is 19.1 Å². The van der Waals surface area contributed by atoms with Crippen LogP contribution in [0.3, 0.4) is 0 Å². The summed E-state index contributed by atoms with van der Waals surface area (Å²) in [6.07, 6.45) is 3.02. The van der Waals surface area contributed by atoms with Gasteiger partial charge in [0.25, 0.3) is 0 Å². The number of aromatic nitrogens is 1. The summed E-state index contributed by atoms with van der Waals surface area (Å²) in [4.78, 5) is 25.5. The Morgan fingerprint density at radius 2 is 1.89 bits per heavy atom. The predicted octanol–water partition coefficient (Wildman–Crippen LogP) is 5.69. The van der Waals surface area contributed by atoms with E-state index < -0.39 is 12.0 Å². The number of hydrogen-bond acceptors (Lipinski definition) is 2. The van der Waals surface area contributed by atoms with Crippen LogP contribution in [0.5, 0.6) is 0 Å². The molecule has 0 saturated heterocycles. The second-order valence-electron chi connectivity index (χ2n) is 10.8. The molecule has 1 aliphatic carbocycles. The van der Waals surface area contributed by atoms with Crippen LogP contribution in [0.15, 0.2) is 48.5 Å². The number of hydrogen-bond donors (Lipinski definition) is 2. The molecule has 2 unspecified atom stereocenters. The summed E-state index contributed by atoms with van der Waals surface area (Å²) in [6.45, 7) is 8.12. The SMILES string of the molecule is CCC(C(=O)O)n1c2c(c3cc(F)ccc31)C[C@@H](NC(=O)C(Cc1ccccc1)C(C)(C)C)CC2. The number of nitrogens with one attached hydrogen (secondary N) is 1. The quantitative estimate of drug-likeness (QED) is 0.458. The van der Waals surface area contributed by atoms with Crippen LogP contribution in [0.2, 0.25) is 0 Å². The Kier molecular flexibility index (Phi) is 7.02. The maximum absolute atomic E-state index is 14.2. The summed E-state index contributed by atoms with van der Waals surface area (Å²) < 4.78 is 16.1. The zero-order valence-corrected chi connectivity index (χ0v) is 21.0. The van der Waals surface area contributed by atoms with E-state index in [-0.39, 0.29) is 29.1 Å². The van der Waals surface area contributed by atoms with Crippen LogP contribution in [-0.4, -0.2) is 27.6 Å². The highest BCUT2D eigenvalue weighted by Crippen LogP contribution is 2.37. The minimum atomic E-state index is -0.888. The molecule has 1 aromatic heterocycles. The lowest BCUT2D eigenvalue weighted by Gasteiger charge is -2.33. The molecule has 0 spiro atoms. The van der Waals surface area contributed by atoms with Crippen molar-refractivity contribution in [3.05, 3.63) is 71.2 Å². The van der Waals surface area contributed by atoms with E-state index in [4.69, 9.17) is 0 Å². The molecule has 1 aliphatic rings. The van der Waals surface area contributed by atoms with Crippen LogP contribution < -0.4 is 5.32 Å². The zero-order chi connectivity index (χ0) is 25.3. The summed E-state index contributed by atoms with van der Waals surface area (Å²) in [7, 11) is 0. The molecule has 0 fully saturated rings. The normalized spacial score (nSPS) is 17.6. The Hall–Kier alpha value is -3.15. The van der Waals surface area contributed by atoms with Gasteiger partial charge in [-0.05, 0) is 66.8 Å². The van der Waals surface area contributed by atoms with E-state index in [1.165, 1.54) is 12.1 Å². The first kappa shape index (κ1) is 25.0. The molecule has 35 heavy (non-hydrogen) atoms. The van der Waals surface area contributed by atoms with Gasteiger partial charge in [-0.1, -0.05) is 58.0 Å². The lowest BCUT2D eigenvalue weighted by atomic mass is 9.76. The van der Waals surface area contributed by atoms with Crippen LogP contribution in [0.4, 0.5) is 4.39 Å². The molecule has 6 heteroatoms. The minimum absolute atomic E-state index is 0.0293. The van der Waals surface area contributed by atoms with Crippen molar-refractivity contribution in [3.8, 4) is 0 Å². The van der Waals surface area contributed by atoms with E-state index in [1.54, 1.807) is 6.07 Å². The van der Waals surface area contributed by atoms with Crippen LogP contribution >= 0.6 is 0 Å². The molecule has 0 aliphatic heterocycles. The van der Waals surface area contributed by atoms with E-state index >= 15 is 0 Å². The number of halogens is 1. The highest BCUT2D eigenvalue weighted by molar-refractivity contribution is 5.88. The molecular formula is C29H35FN2O3. The number of nitrogens with zero attached hydrogens (tertiary/aromatic N) is 1. The van der Waals surface area contributed by atoms with E-state index in [1.807, 2.05) is 29.7 Å². The van der Waals surface area contributed by atoms with Gasteiger partial charge in [-0.25, -0.2) is 9.18 Å². The molecule has 1 heterocycles. The monoisotopic (exact) mass is 478 g/mol. The van der Waals surface area contributed by atoms with Crippen molar-refractivity contribution in [2.24, 2.45) is 11.3 Å². The fourth-order valence-corrected chi connectivity index (χ4v) is 5.46. The molecule has 0 bridgehead atoms. The van der Waals surface area contributed by atoms with Crippen molar-refractivity contribution in [1.29, 1.82) is 0 Å². The molecule has 2 aromatic carbocycles. The average molecular weight is 479 g/mol. The Balaban J connectivity index is 1.62. The fraction of sp³-hybridized carbons (Fsp3) is 0.448. The summed E-state index contributed by atoms with van der Waals surface area (Å²) in [5.41, 5.74) is 3.56. The lowest BCUT2D eigenvalue weighted by Crippen LogP contribution is -2.46. The van der Waals surface area contributed by atoms with Gasteiger partial charge in [-0.2, -0.15) is 0 Å². The second-order valence-corrected chi connectivity index (χ2v) is 10.8. The number of carbonyl (C=O) groups is 2. The molecular weight excluding hydrogens is 443 g/mol. The average Bonchev–Trinajstić information content (AvgIpc) is 3.10. The Morgan fingerprint density at radius 1 is 1.17 bits per heavy atom. The third-order valence-corrected chi connectivity index (χ3v) is 7.34. The number of carbonyl (C=O) groups excluding carboxylic acids is 1. The number of carboxylic acid groups (broad SMARTS) is 1. The van der Waals surface area contributed by atoms with Crippen LogP contribution in [0.25, 0.3) is 10.9 Å². The Labute approximate surface area is 206 Å². The molecule has 1 amide bonds. The zero-order valence-electron chi connectivity index (χ0n) is 21.0. The molecule has 0 radical (unpaired) electrons. The number of benzene rings is 2. The van der Waals surface area contributed by atoms with Crippen LogP contribution in [0.1, 0.15) is 63.4 Å². The first-order valence-electron chi connectivity index (χ1n) is 12.5. The predicted molar refractivity (Wildman–Crippen MR) is 136 cm³/mol. The van der Waals surface area contributed by atoms with Gasteiger partial charge in [0.2, 0.25) is 5.91 Å². The van der Waals surface area contributed by atoms with Crippen molar-refractivity contribution in [2.45, 2.75) is 71.9 Å². The Bertz CT molecular complexity index is 1230. The molecule has 186 valence electrons. The van der Waals surface area contributed by atoms with Gasteiger partial charge in [0.15, 0.2) is 0 Å². The van der Waals surface area contributed by atoms with Crippen molar-refractivity contribution >= 4 is 22.8 Å². The summed E-state index contributed by atoms with van der Waals surface area (Å²) in [5.74, 6) is -1.40. The van der Waals surface area contributed by atoms with Gasteiger partial charge in [0, 0.05) is 28.6 Å². The Morgan fingerprint density at radius 3 is 2.51 bits per heavy atom. The van der Waals surface area contributed by atoms with Crippen molar-refractivity contribution in [3.63, 3.8) is 0 Å². The molecule has 3 atom stereocenters. The van der Waals surface area contributed by atoms with Crippen LogP contribution in [-0.2, 0) is 28.9 Å². The minimum Gasteiger partial charge on any atom is -0.480 e. The van der Waals surface area contributed by atoms with Crippen LogP contribution in [0, 0.1) is 17.2 Å². The van der Waals surface area contributed by atoms with Gasteiger partial charge in [0.1, 0.15) is 11.9 Å². The summed E-state index contributed by atoms with van der Waals surface area (Å²) in [6, 6.07) is 13.8. The third-order valence-electron chi connectivity index (χ3n) is 7.34. The molecule has 0 saturated carbocycles. The number of carboxylic acids is 1. The molecule has 3 aromatic rings. The van der Waals surface area contributed by atoms with Gasteiger partial charge in [-0.3, -0.25) is 4.79 Å². The molecule has 4 rings (SSSR count). The summed E-state index contributed by atoms with van der Waals surface area (Å²) >= 11 is 0. The van der Waals surface area contributed by atoms with E-state index in [2.05, 4.69) is 38.2 Å². The standard InChI is InChI=1S/C29H35FN2O3/c1-5-24(28(34)35)32-25-13-11-19(30)16-21(25)22-17-20(12-14-26(22)32)31-27(33)23(29(2,3)4)15-18-9-7-6-8-10-18/h6-11,13,16,20,23-24H,5,12,14-15,17H2,1-4H3,(H,31,33)(H,34,35)/t20-,23?,24?/m0/s1. The van der Waals surface area contributed by atoms with Gasteiger partial charge >= 0.3 is 5.97 Å². The van der Waals surface area contributed by atoms with Gasteiger partial charge in [0.05, 0.1) is 0 Å². The number of rotatable bonds is 7. The fourth-order valence-electron chi connectivity index (χ4n) is 5.46. The maximum Gasteiger partial charge on any atom is 0.326 e. The van der Waals surface area contributed by atoms with E-state index in [0.29, 0.717) is 25.7 Å². The highest BCUT2D eigenvalue weighted by Gasteiger charge is 2.35. The molecule has 5 nitrogen and oxygen atoms in total. The first-order chi connectivity index (χ1) is 16.6. The summed E-state index contributed by atoms with van der Waals surface area (Å²) in [5, 5.41) is 13.9. The third kappa shape index (κ3) is 5.12. The van der Waals surface area contributed by atoms with Crippen molar-refractivity contribution in [2.75, 3.05) is 0 Å². The van der Waals surface area contributed by atoms with Gasteiger partial charge < -0.3 is 15.0 Å². The lowest BCUT2D eigenvalue weighted by molar-refractivity contribution is -0.141. The van der Waals surface area contributed by atoms with E-state index in [0.717, 1.165) is 34.1 Å². The van der Waals surface area contributed by atoms with E-state index in [9.17, 15) is 19.1 Å². The number of amides is 1. The first-order valence-corrected chi connectivity index (χ1v) is 12.5. The molecule has 2 N–H and O–H groups in total.